The SMILES string of the molecule is CCO[Si](/C=C/CS(=O)(=O)c1ccc2ccccc2c1)(OCC)OCC. The van der Waals surface area contributed by atoms with Gasteiger partial charge < -0.3 is 13.3 Å². The molecule has 5 nitrogen and oxygen atoms in total. The Morgan fingerprint density at radius 2 is 1.46 bits per heavy atom. The molecule has 2 aromatic carbocycles. The zero-order valence-corrected chi connectivity index (χ0v) is 17.3. The molecular formula is C19H26O5SSi. The third kappa shape index (κ3) is 5.25. The van der Waals surface area contributed by atoms with Gasteiger partial charge in [0.05, 0.1) is 10.6 Å². The smallest absolute Gasteiger partial charge is 0.371 e. The largest absolute Gasteiger partial charge is 0.529 e. The predicted octanol–water partition coefficient (Wildman–Crippen LogP) is 3.76. The van der Waals surface area contributed by atoms with E-state index in [1.54, 1.807) is 23.9 Å². The van der Waals surface area contributed by atoms with Crippen LogP contribution in [-0.2, 0) is 23.1 Å². The number of hydrogen-bond acceptors (Lipinski definition) is 5. The van der Waals surface area contributed by atoms with Gasteiger partial charge in [-0.1, -0.05) is 36.4 Å². The molecule has 2 rings (SSSR count). The van der Waals surface area contributed by atoms with Gasteiger partial charge in [-0.05, 0) is 49.4 Å². The van der Waals surface area contributed by atoms with E-state index in [4.69, 9.17) is 13.3 Å². The Morgan fingerprint density at radius 1 is 0.885 bits per heavy atom. The zero-order valence-electron chi connectivity index (χ0n) is 15.5. The van der Waals surface area contributed by atoms with Crippen LogP contribution in [-0.4, -0.2) is 42.8 Å². The molecule has 0 saturated heterocycles. The van der Waals surface area contributed by atoms with Crippen molar-refractivity contribution in [3.63, 3.8) is 0 Å². The van der Waals surface area contributed by atoms with Crippen molar-refractivity contribution in [1.82, 2.24) is 0 Å². The lowest BCUT2D eigenvalue weighted by Crippen LogP contribution is -2.44. The van der Waals surface area contributed by atoms with Gasteiger partial charge in [0, 0.05) is 19.8 Å². The lowest BCUT2D eigenvalue weighted by atomic mass is 10.1. The first-order chi connectivity index (χ1) is 12.5. The molecule has 0 N–H and O–H groups in total. The molecule has 0 heterocycles. The van der Waals surface area contributed by atoms with Crippen LogP contribution < -0.4 is 0 Å². The Labute approximate surface area is 156 Å². The van der Waals surface area contributed by atoms with Gasteiger partial charge in [0.1, 0.15) is 0 Å². The van der Waals surface area contributed by atoms with E-state index in [1.165, 1.54) is 0 Å². The Balaban J connectivity index is 2.22. The topological polar surface area (TPSA) is 61.8 Å². The molecular weight excluding hydrogens is 368 g/mol. The van der Waals surface area contributed by atoms with Gasteiger partial charge in [-0.2, -0.15) is 0 Å². The molecule has 0 aromatic heterocycles. The minimum atomic E-state index is -3.45. The number of rotatable bonds is 10. The van der Waals surface area contributed by atoms with Crippen molar-refractivity contribution in [2.45, 2.75) is 25.7 Å². The zero-order chi connectivity index (χ0) is 19.0. The first-order valence-electron chi connectivity index (χ1n) is 8.77. The number of fused-ring (bicyclic) bond motifs is 1. The highest BCUT2D eigenvalue weighted by molar-refractivity contribution is 7.91. The maximum absolute atomic E-state index is 12.7. The van der Waals surface area contributed by atoms with Crippen LogP contribution >= 0.6 is 0 Å². The highest BCUT2D eigenvalue weighted by atomic mass is 32.2. The Kier molecular flexibility index (Phi) is 7.54. The van der Waals surface area contributed by atoms with E-state index in [-0.39, 0.29) is 5.75 Å². The summed E-state index contributed by atoms with van der Waals surface area (Å²) in [7, 11) is -6.44. The molecule has 2 aromatic rings. The van der Waals surface area contributed by atoms with Crippen molar-refractivity contribution in [3.05, 3.63) is 54.2 Å². The summed E-state index contributed by atoms with van der Waals surface area (Å²) in [6, 6.07) is 12.9. The van der Waals surface area contributed by atoms with Crippen LogP contribution in [0.25, 0.3) is 10.8 Å². The van der Waals surface area contributed by atoms with Crippen molar-refractivity contribution in [3.8, 4) is 0 Å². The normalized spacial score (nSPS) is 12.9. The predicted molar refractivity (Wildman–Crippen MR) is 106 cm³/mol. The Morgan fingerprint density at radius 3 is 2.04 bits per heavy atom. The third-order valence-electron chi connectivity index (χ3n) is 3.75. The van der Waals surface area contributed by atoms with Gasteiger partial charge in [0.15, 0.2) is 9.84 Å². The fourth-order valence-corrected chi connectivity index (χ4v) is 6.10. The highest BCUT2D eigenvalue weighted by Crippen LogP contribution is 2.20. The van der Waals surface area contributed by atoms with Crippen LogP contribution in [0.1, 0.15) is 20.8 Å². The fourth-order valence-electron chi connectivity index (χ4n) is 2.65. The van der Waals surface area contributed by atoms with E-state index in [2.05, 4.69) is 0 Å². The van der Waals surface area contributed by atoms with Crippen molar-refractivity contribution < 1.29 is 21.7 Å². The summed E-state index contributed by atoms with van der Waals surface area (Å²) >= 11 is 0. The maximum atomic E-state index is 12.7. The first kappa shape index (κ1) is 20.8. The Bertz CT molecular complexity index is 831. The molecule has 0 amide bonds. The summed E-state index contributed by atoms with van der Waals surface area (Å²) in [5.74, 6) is -0.132. The quantitative estimate of drug-likeness (QED) is 0.574. The second-order valence-electron chi connectivity index (χ2n) is 5.60. The number of sulfone groups is 1. The van der Waals surface area contributed by atoms with Gasteiger partial charge in [0.25, 0.3) is 0 Å². The van der Waals surface area contributed by atoms with Gasteiger partial charge >= 0.3 is 8.80 Å². The van der Waals surface area contributed by atoms with E-state index >= 15 is 0 Å². The molecule has 0 radical (unpaired) electrons. The van der Waals surface area contributed by atoms with Crippen molar-refractivity contribution in [2.75, 3.05) is 25.6 Å². The Hall–Kier alpha value is -1.51. The summed E-state index contributed by atoms with van der Waals surface area (Å²) < 4.78 is 42.5. The van der Waals surface area contributed by atoms with Crippen LogP contribution in [0.2, 0.25) is 0 Å². The molecule has 0 spiro atoms. The van der Waals surface area contributed by atoms with Gasteiger partial charge in [-0.3, -0.25) is 0 Å². The number of benzene rings is 2. The monoisotopic (exact) mass is 394 g/mol. The minimum Gasteiger partial charge on any atom is -0.371 e. The standard InChI is InChI=1S/C19H26O5SSi/c1-4-22-26(23-5-2,24-6-3)15-9-14-25(20,21)19-13-12-17-10-7-8-11-18(17)16-19/h7-13,15-16H,4-6,14H2,1-3H3/b15-9+. The lowest BCUT2D eigenvalue weighted by molar-refractivity contribution is 0.0842. The minimum absolute atomic E-state index is 0.132. The summed E-state index contributed by atoms with van der Waals surface area (Å²) in [5, 5.41) is 1.91. The van der Waals surface area contributed by atoms with E-state index in [0.717, 1.165) is 10.8 Å². The summed E-state index contributed by atoms with van der Waals surface area (Å²) in [4.78, 5) is 0.303. The summed E-state index contributed by atoms with van der Waals surface area (Å²) in [5.41, 5.74) is 1.67. The van der Waals surface area contributed by atoms with Crippen molar-refractivity contribution >= 4 is 29.4 Å². The average molecular weight is 395 g/mol. The summed E-state index contributed by atoms with van der Waals surface area (Å²) in [6.45, 7) is 6.90. The van der Waals surface area contributed by atoms with E-state index in [1.807, 2.05) is 51.1 Å². The molecule has 0 unspecified atom stereocenters. The van der Waals surface area contributed by atoms with Crippen molar-refractivity contribution in [1.29, 1.82) is 0 Å². The molecule has 0 bridgehead atoms. The van der Waals surface area contributed by atoms with E-state index in [9.17, 15) is 8.42 Å². The van der Waals surface area contributed by atoms with E-state index in [0.29, 0.717) is 24.7 Å². The lowest BCUT2D eigenvalue weighted by Gasteiger charge is -2.25. The van der Waals surface area contributed by atoms with Crippen LogP contribution in [0.15, 0.2) is 59.1 Å². The second kappa shape index (κ2) is 9.43. The molecule has 0 atom stereocenters. The van der Waals surface area contributed by atoms with Crippen LogP contribution in [0, 0.1) is 0 Å². The molecule has 0 aliphatic heterocycles. The fraction of sp³-hybridized carbons (Fsp3) is 0.368. The molecule has 142 valence electrons. The first-order valence-corrected chi connectivity index (χ1v) is 12.2. The third-order valence-corrected chi connectivity index (χ3v) is 8.07. The van der Waals surface area contributed by atoms with Crippen LogP contribution in [0.4, 0.5) is 0 Å². The van der Waals surface area contributed by atoms with Gasteiger partial charge in [-0.15, -0.1) is 0 Å². The van der Waals surface area contributed by atoms with Gasteiger partial charge in [-0.25, -0.2) is 8.42 Å². The van der Waals surface area contributed by atoms with Crippen LogP contribution in [0.3, 0.4) is 0 Å². The molecule has 0 saturated carbocycles. The van der Waals surface area contributed by atoms with Gasteiger partial charge in [0.2, 0.25) is 0 Å². The average Bonchev–Trinajstić information content (AvgIpc) is 2.62. The molecule has 0 aliphatic carbocycles. The molecule has 26 heavy (non-hydrogen) atoms. The molecule has 7 heteroatoms. The maximum Gasteiger partial charge on any atom is 0.529 e. The summed E-state index contributed by atoms with van der Waals surface area (Å²) in [6.07, 6.45) is 1.58. The van der Waals surface area contributed by atoms with Crippen molar-refractivity contribution in [2.24, 2.45) is 0 Å². The highest BCUT2D eigenvalue weighted by Gasteiger charge is 2.37. The molecule has 0 aliphatic rings. The number of hydrogen-bond donors (Lipinski definition) is 0. The van der Waals surface area contributed by atoms with E-state index < -0.39 is 18.6 Å². The molecule has 0 fully saturated rings. The van der Waals surface area contributed by atoms with Crippen LogP contribution in [0.5, 0.6) is 0 Å². The second-order valence-corrected chi connectivity index (χ2v) is 10.0.